The average molecular weight is 366 g/mol. The highest BCUT2D eigenvalue weighted by atomic mass is 32.2. The largest absolute Gasteiger partial charge is 0.242 e. The monoisotopic (exact) mass is 365 g/mol. The summed E-state index contributed by atoms with van der Waals surface area (Å²) in [6.45, 7) is 2.23. The zero-order chi connectivity index (χ0) is 18.4. The van der Waals surface area contributed by atoms with E-state index in [4.69, 9.17) is 5.53 Å². The third kappa shape index (κ3) is 8.94. The molecule has 6 heteroatoms. The Bertz CT molecular complexity index is 611. The van der Waals surface area contributed by atoms with Gasteiger partial charge in [-0.3, -0.25) is 0 Å². The predicted octanol–water partition coefficient (Wildman–Crippen LogP) is 6.68. The maximum Gasteiger partial charge on any atom is 0.242 e. The van der Waals surface area contributed by atoms with Crippen LogP contribution >= 0.6 is 0 Å². The Labute approximate surface area is 152 Å². The summed E-state index contributed by atoms with van der Waals surface area (Å²) in [4.78, 5) is 2.49. The number of azide groups is 1. The minimum absolute atomic E-state index is 0.502. The second kappa shape index (κ2) is 12.8. The van der Waals surface area contributed by atoms with Crippen LogP contribution in [0.5, 0.6) is 0 Å². The van der Waals surface area contributed by atoms with E-state index >= 15 is 0 Å². The van der Waals surface area contributed by atoms with E-state index in [2.05, 4.69) is 16.4 Å². The molecule has 1 aromatic carbocycles. The molecule has 0 heterocycles. The Balaban J connectivity index is 2.36. The summed E-state index contributed by atoms with van der Waals surface area (Å²) in [7, 11) is -3.83. The minimum Gasteiger partial charge on any atom is -0.220 e. The van der Waals surface area contributed by atoms with Crippen molar-refractivity contribution in [1.29, 1.82) is 0 Å². The first-order chi connectivity index (χ1) is 12.1. The van der Waals surface area contributed by atoms with Crippen molar-refractivity contribution in [3.63, 3.8) is 0 Å². The summed E-state index contributed by atoms with van der Waals surface area (Å²) in [5.41, 5.74) is 9.22. The standard InChI is InChI=1S/C19H31N3O2S/c1-2-3-4-5-6-7-8-9-10-14-17-19(25(23,24)22-21-20)18-15-12-11-13-16-18/h11-13,15-16,19H,2-10,14,17H2,1H3. The summed E-state index contributed by atoms with van der Waals surface area (Å²) < 4.78 is 27.5. The Morgan fingerprint density at radius 1 is 0.920 bits per heavy atom. The van der Waals surface area contributed by atoms with Crippen LogP contribution in [-0.2, 0) is 10.0 Å². The zero-order valence-corrected chi connectivity index (χ0v) is 16.1. The van der Waals surface area contributed by atoms with Crippen molar-refractivity contribution in [1.82, 2.24) is 0 Å². The number of unbranched alkanes of at least 4 members (excludes halogenated alkanes) is 9. The summed E-state index contributed by atoms with van der Waals surface area (Å²) in [5, 5.41) is -0.737. The molecule has 0 aliphatic heterocycles. The molecule has 0 radical (unpaired) electrons. The van der Waals surface area contributed by atoms with E-state index in [1.807, 2.05) is 18.2 Å². The van der Waals surface area contributed by atoms with Crippen LogP contribution in [0.2, 0.25) is 0 Å². The average Bonchev–Trinajstić information content (AvgIpc) is 2.60. The number of sulfonamides is 1. The Kier molecular flexibility index (Phi) is 11.0. The van der Waals surface area contributed by atoms with Crippen LogP contribution in [0.15, 0.2) is 34.9 Å². The number of benzene rings is 1. The van der Waals surface area contributed by atoms with Gasteiger partial charge in [0, 0.05) is 9.43 Å². The lowest BCUT2D eigenvalue weighted by Crippen LogP contribution is -2.10. The van der Waals surface area contributed by atoms with Gasteiger partial charge in [0.1, 0.15) is 0 Å². The summed E-state index contributed by atoms with van der Waals surface area (Å²) in [6, 6.07) is 9.04. The van der Waals surface area contributed by atoms with Crippen molar-refractivity contribution in [3.05, 3.63) is 46.3 Å². The van der Waals surface area contributed by atoms with Crippen LogP contribution in [-0.4, -0.2) is 8.42 Å². The lowest BCUT2D eigenvalue weighted by molar-refractivity contribution is 0.537. The van der Waals surface area contributed by atoms with Crippen molar-refractivity contribution in [2.75, 3.05) is 0 Å². The summed E-state index contributed by atoms with van der Waals surface area (Å²) in [5.74, 6) is 0. The van der Waals surface area contributed by atoms with Gasteiger partial charge in [0.2, 0.25) is 10.0 Å². The van der Waals surface area contributed by atoms with E-state index in [0.29, 0.717) is 12.0 Å². The Morgan fingerprint density at radius 3 is 1.96 bits per heavy atom. The first kappa shape index (κ1) is 21.5. The van der Waals surface area contributed by atoms with Crippen LogP contribution in [0.4, 0.5) is 0 Å². The van der Waals surface area contributed by atoms with Gasteiger partial charge in [-0.05, 0) is 17.5 Å². The van der Waals surface area contributed by atoms with Gasteiger partial charge in [-0.25, -0.2) is 8.42 Å². The SMILES string of the molecule is CCCCCCCCCCCCC(c1ccccc1)S(=O)(=O)N=[N+]=[N-]. The van der Waals surface area contributed by atoms with Crippen molar-refractivity contribution in [2.45, 2.75) is 82.8 Å². The first-order valence-electron chi connectivity index (χ1n) is 9.47. The van der Waals surface area contributed by atoms with Gasteiger partial charge >= 0.3 is 0 Å². The fraction of sp³-hybridized carbons (Fsp3) is 0.684. The van der Waals surface area contributed by atoms with Crippen LogP contribution in [0.3, 0.4) is 0 Å². The maximum absolute atomic E-state index is 12.2. The van der Waals surface area contributed by atoms with E-state index < -0.39 is 15.3 Å². The molecule has 0 saturated heterocycles. The molecule has 1 aromatic rings. The van der Waals surface area contributed by atoms with Gasteiger partial charge < -0.3 is 0 Å². The fourth-order valence-electron chi connectivity index (χ4n) is 3.08. The molecule has 0 aliphatic rings. The maximum atomic E-state index is 12.2. The van der Waals surface area contributed by atoms with Gasteiger partial charge in [0.25, 0.3) is 0 Å². The quantitative estimate of drug-likeness (QED) is 0.159. The highest BCUT2D eigenvalue weighted by Crippen LogP contribution is 2.29. The molecular weight excluding hydrogens is 334 g/mol. The van der Waals surface area contributed by atoms with Gasteiger partial charge in [0.05, 0.1) is 5.25 Å². The van der Waals surface area contributed by atoms with E-state index in [1.54, 1.807) is 12.1 Å². The number of hydrogen-bond donors (Lipinski definition) is 0. The van der Waals surface area contributed by atoms with Crippen LogP contribution in [0.25, 0.3) is 10.4 Å². The van der Waals surface area contributed by atoms with E-state index in [-0.39, 0.29) is 0 Å². The van der Waals surface area contributed by atoms with E-state index in [1.165, 1.54) is 44.9 Å². The topological polar surface area (TPSA) is 82.9 Å². The highest BCUT2D eigenvalue weighted by molar-refractivity contribution is 7.90. The predicted molar refractivity (Wildman–Crippen MR) is 104 cm³/mol. The van der Waals surface area contributed by atoms with Crippen molar-refractivity contribution in [3.8, 4) is 0 Å². The second-order valence-corrected chi connectivity index (χ2v) is 8.32. The molecular formula is C19H31N3O2S. The Hall–Kier alpha value is -1.52. The van der Waals surface area contributed by atoms with Crippen LogP contribution in [0, 0.1) is 0 Å². The number of nitrogens with zero attached hydrogens (tertiary/aromatic N) is 3. The van der Waals surface area contributed by atoms with Crippen molar-refractivity contribution in [2.24, 2.45) is 4.52 Å². The summed E-state index contributed by atoms with van der Waals surface area (Å²) in [6.07, 6.45) is 12.5. The molecule has 1 rings (SSSR count). The lowest BCUT2D eigenvalue weighted by atomic mass is 10.0. The zero-order valence-electron chi connectivity index (χ0n) is 15.3. The van der Waals surface area contributed by atoms with Gasteiger partial charge in [0.15, 0.2) is 0 Å². The molecule has 0 aromatic heterocycles. The molecule has 0 bridgehead atoms. The molecule has 0 fully saturated rings. The van der Waals surface area contributed by atoms with Gasteiger partial charge in [-0.15, -0.1) is 0 Å². The lowest BCUT2D eigenvalue weighted by Gasteiger charge is -2.14. The molecule has 140 valence electrons. The molecule has 0 spiro atoms. The van der Waals surface area contributed by atoms with E-state index in [0.717, 1.165) is 19.3 Å². The molecule has 0 amide bonds. The van der Waals surface area contributed by atoms with Gasteiger partial charge in [-0.2, -0.15) is 0 Å². The number of rotatable bonds is 14. The normalized spacial score (nSPS) is 12.5. The summed E-state index contributed by atoms with van der Waals surface area (Å²) >= 11 is 0. The van der Waals surface area contributed by atoms with Crippen LogP contribution in [0.1, 0.15) is 88.4 Å². The van der Waals surface area contributed by atoms with E-state index in [9.17, 15) is 8.42 Å². The van der Waals surface area contributed by atoms with Gasteiger partial charge in [-0.1, -0.05) is 101 Å². The fourth-order valence-corrected chi connectivity index (χ4v) is 4.26. The highest BCUT2D eigenvalue weighted by Gasteiger charge is 2.25. The Morgan fingerprint density at radius 2 is 1.44 bits per heavy atom. The van der Waals surface area contributed by atoms with Crippen molar-refractivity contribution >= 4 is 10.0 Å². The molecule has 0 saturated carbocycles. The number of hydrogen-bond acceptors (Lipinski definition) is 2. The minimum atomic E-state index is -3.83. The third-order valence-electron chi connectivity index (χ3n) is 4.50. The smallest absolute Gasteiger partial charge is 0.220 e. The molecule has 5 nitrogen and oxygen atoms in total. The molecule has 0 aliphatic carbocycles. The molecule has 0 N–H and O–H groups in total. The first-order valence-corrected chi connectivity index (χ1v) is 11.0. The van der Waals surface area contributed by atoms with Crippen LogP contribution < -0.4 is 0 Å². The van der Waals surface area contributed by atoms with Crippen molar-refractivity contribution < 1.29 is 8.42 Å². The molecule has 25 heavy (non-hydrogen) atoms. The molecule has 1 unspecified atom stereocenters. The molecule has 1 atom stereocenters. The third-order valence-corrected chi connectivity index (χ3v) is 6.03. The second-order valence-electron chi connectivity index (χ2n) is 6.56.